The van der Waals surface area contributed by atoms with E-state index in [-0.39, 0.29) is 0 Å². The Balaban J connectivity index is 2.45. The molecule has 0 amide bonds. The molecule has 2 aromatic rings. The molecule has 23 heavy (non-hydrogen) atoms. The molecule has 2 N–H and O–H groups in total. The number of hydrogen-bond acceptors (Lipinski definition) is 2. The molecule has 4 heteroatoms. The second-order valence-corrected chi connectivity index (χ2v) is 12.2. The molecule has 0 heterocycles. The van der Waals surface area contributed by atoms with Gasteiger partial charge in [-0.15, -0.1) is 0 Å². The number of carboxylic acid groups (broad SMARTS) is 1. The number of carboxylic acids is 1. The van der Waals surface area contributed by atoms with E-state index >= 15 is 0 Å². The molecule has 0 aliphatic carbocycles. The van der Waals surface area contributed by atoms with Crippen molar-refractivity contribution in [1.29, 1.82) is 0 Å². The van der Waals surface area contributed by atoms with Gasteiger partial charge in [-0.05, 0) is 18.1 Å². The van der Waals surface area contributed by atoms with Crippen molar-refractivity contribution in [2.24, 2.45) is 0 Å². The highest BCUT2D eigenvalue weighted by atomic mass is 28.3. The molecule has 0 aliphatic heterocycles. The van der Waals surface area contributed by atoms with Crippen LogP contribution in [0.2, 0.25) is 19.6 Å². The van der Waals surface area contributed by atoms with Crippen LogP contribution in [0.1, 0.15) is 24.0 Å². The SMILES string of the molecule is C[C@@](O)(c1ccccc1)[C@H](C(=O)O)c1ccc([Si](C)(C)C)cc1. The highest BCUT2D eigenvalue weighted by Crippen LogP contribution is 2.36. The molecule has 0 aromatic heterocycles. The van der Waals surface area contributed by atoms with Crippen LogP contribution in [0.3, 0.4) is 0 Å². The first-order chi connectivity index (χ1) is 10.6. The van der Waals surface area contributed by atoms with Crippen molar-refractivity contribution in [3.8, 4) is 0 Å². The normalized spacial score (nSPS) is 15.7. The van der Waals surface area contributed by atoms with Crippen LogP contribution in [0.5, 0.6) is 0 Å². The average molecular weight is 328 g/mol. The number of aliphatic hydroxyl groups is 1. The second-order valence-electron chi connectivity index (χ2n) is 7.16. The third kappa shape index (κ3) is 3.71. The molecule has 0 saturated carbocycles. The molecule has 0 saturated heterocycles. The summed E-state index contributed by atoms with van der Waals surface area (Å²) in [4.78, 5) is 11.9. The first-order valence-electron chi connectivity index (χ1n) is 7.75. The Morgan fingerprint density at radius 2 is 1.52 bits per heavy atom. The van der Waals surface area contributed by atoms with Crippen LogP contribution in [0.15, 0.2) is 54.6 Å². The van der Waals surface area contributed by atoms with E-state index in [1.807, 2.05) is 30.3 Å². The van der Waals surface area contributed by atoms with Gasteiger partial charge in [0.2, 0.25) is 0 Å². The van der Waals surface area contributed by atoms with E-state index in [9.17, 15) is 15.0 Å². The van der Waals surface area contributed by atoms with Crippen molar-refractivity contribution in [1.82, 2.24) is 0 Å². The maximum Gasteiger partial charge on any atom is 0.314 e. The largest absolute Gasteiger partial charge is 0.481 e. The fourth-order valence-electron chi connectivity index (χ4n) is 2.83. The summed E-state index contributed by atoms with van der Waals surface area (Å²) >= 11 is 0. The average Bonchev–Trinajstić information content (AvgIpc) is 2.47. The van der Waals surface area contributed by atoms with Gasteiger partial charge in [0.05, 0.1) is 8.07 Å². The molecule has 0 spiro atoms. The third-order valence-electron chi connectivity index (χ3n) is 4.28. The molecule has 0 aliphatic rings. The van der Waals surface area contributed by atoms with Gasteiger partial charge in [-0.25, -0.2) is 0 Å². The summed E-state index contributed by atoms with van der Waals surface area (Å²) < 4.78 is 0. The zero-order valence-corrected chi connectivity index (χ0v) is 15.1. The maximum atomic E-state index is 11.9. The van der Waals surface area contributed by atoms with Gasteiger partial charge in [0, 0.05) is 0 Å². The summed E-state index contributed by atoms with van der Waals surface area (Å²) in [6.45, 7) is 8.30. The topological polar surface area (TPSA) is 57.5 Å². The molecule has 122 valence electrons. The van der Waals surface area contributed by atoms with Crippen molar-refractivity contribution >= 4 is 19.2 Å². The predicted octanol–water partition coefficient (Wildman–Crippen LogP) is 3.31. The molecule has 2 atom stereocenters. The number of carbonyl (C=O) groups is 1. The van der Waals surface area contributed by atoms with Gasteiger partial charge >= 0.3 is 5.97 Å². The zero-order valence-electron chi connectivity index (χ0n) is 14.1. The standard InChI is InChI=1S/C19H24O3Si/c1-19(22,15-8-6-5-7-9-15)17(18(20)21)14-10-12-16(13-11-14)23(2,3)4/h5-13,17,22H,1-4H3,(H,20,21)/t17-,19+/m0/s1. The molecular formula is C19H24O3Si. The van der Waals surface area contributed by atoms with Crippen molar-refractivity contribution in [3.05, 3.63) is 65.7 Å². The van der Waals surface area contributed by atoms with Crippen LogP contribution < -0.4 is 5.19 Å². The van der Waals surface area contributed by atoms with E-state index in [1.165, 1.54) is 5.19 Å². The number of hydrogen-bond donors (Lipinski definition) is 2. The summed E-state index contributed by atoms with van der Waals surface area (Å²) in [5, 5.41) is 21.9. The van der Waals surface area contributed by atoms with Gasteiger partial charge in [-0.2, -0.15) is 0 Å². The smallest absolute Gasteiger partial charge is 0.314 e. The van der Waals surface area contributed by atoms with Crippen LogP contribution in [0.4, 0.5) is 0 Å². The first-order valence-corrected chi connectivity index (χ1v) is 11.2. The van der Waals surface area contributed by atoms with Crippen LogP contribution in [0.25, 0.3) is 0 Å². The van der Waals surface area contributed by atoms with Crippen molar-refractivity contribution in [3.63, 3.8) is 0 Å². The Bertz CT molecular complexity index is 670. The third-order valence-corrected chi connectivity index (χ3v) is 6.34. The van der Waals surface area contributed by atoms with Crippen molar-refractivity contribution in [2.75, 3.05) is 0 Å². The fourth-order valence-corrected chi connectivity index (χ4v) is 3.99. The minimum absolute atomic E-state index is 0.599. The van der Waals surface area contributed by atoms with E-state index in [0.29, 0.717) is 11.1 Å². The minimum atomic E-state index is -1.48. The lowest BCUT2D eigenvalue weighted by atomic mass is 9.78. The molecule has 0 unspecified atom stereocenters. The van der Waals surface area contributed by atoms with Gasteiger partial charge in [0.25, 0.3) is 0 Å². The summed E-state index contributed by atoms with van der Waals surface area (Å²) in [5.74, 6) is -2.04. The molecule has 3 nitrogen and oxygen atoms in total. The Kier molecular flexibility index (Phi) is 4.78. The number of benzene rings is 2. The van der Waals surface area contributed by atoms with Crippen molar-refractivity contribution < 1.29 is 15.0 Å². The Hall–Kier alpha value is -1.91. The molecule has 0 fully saturated rings. The van der Waals surface area contributed by atoms with Crippen LogP contribution in [-0.2, 0) is 10.4 Å². The maximum absolute atomic E-state index is 11.9. The van der Waals surface area contributed by atoms with Gasteiger partial charge in [-0.3, -0.25) is 4.79 Å². The lowest BCUT2D eigenvalue weighted by Crippen LogP contribution is -2.38. The van der Waals surface area contributed by atoms with E-state index in [0.717, 1.165) is 0 Å². The van der Waals surface area contributed by atoms with E-state index < -0.39 is 25.6 Å². The van der Waals surface area contributed by atoms with Crippen LogP contribution >= 0.6 is 0 Å². The first kappa shape index (κ1) is 17.4. The fraction of sp³-hybridized carbons (Fsp3) is 0.316. The lowest BCUT2D eigenvalue weighted by Gasteiger charge is -2.31. The second kappa shape index (κ2) is 6.30. The Labute approximate surface area is 138 Å². The van der Waals surface area contributed by atoms with E-state index in [4.69, 9.17) is 0 Å². The number of rotatable bonds is 5. The van der Waals surface area contributed by atoms with E-state index in [1.54, 1.807) is 31.2 Å². The van der Waals surface area contributed by atoms with Gasteiger partial charge in [0.15, 0.2) is 0 Å². The van der Waals surface area contributed by atoms with E-state index in [2.05, 4.69) is 19.6 Å². The molecular weight excluding hydrogens is 304 g/mol. The van der Waals surface area contributed by atoms with Crippen LogP contribution in [0, 0.1) is 0 Å². The number of aliphatic carboxylic acids is 1. The predicted molar refractivity (Wildman–Crippen MR) is 95.8 cm³/mol. The van der Waals surface area contributed by atoms with Crippen LogP contribution in [-0.4, -0.2) is 24.3 Å². The lowest BCUT2D eigenvalue weighted by molar-refractivity contribution is -0.145. The highest BCUT2D eigenvalue weighted by molar-refractivity contribution is 6.88. The molecule has 2 aromatic carbocycles. The summed E-state index contributed by atoms with van der Waals surface area (Å²) in [6, 6.07) is 16.6. The zero-order chi connectivity index (χ0) is 17.3. The Morgan fingerprint density at radius 3 is 1.96 bits per heavy atom. The molecule has 0 bridgehead atoms. The summed E-state index contributed by atoms with van der Waals surface area (Å²) in [6.07, 6.45) is 0. The summed E-state index contributed by atoms with van der Waals surface area (Å²) in [5.41, 5.74) is -0.261. The van der Waals surface area contributed by atoms with Gasteiger partial charge < -0.3 is 10.2 Å². The highest BCUT2D eigenvalue weighted by Gasteiger charge is 2.40. The van der Waals surface area contributed by atoms with Gasteiger partial charge in [-0.1, -0.05) is 79.4 Å². The monoisotopic (exact) mass is 328 g/mol. The Morgan fingerprint density at radius 1 is 1.00 bits per heavy atom. The molecule has 0 radical (unpaired) electrons. The minimum Gasteiger partial charge on any atom is -0.481 e. The summed E-state index contributed by atoms with van der Waals surface area (Å²) in [7, 11) is -1.44. The quantitative estimate of drug-likeness (QED) is 0.828. The van der Waals surface area contributed by atoms with Crippen molar-refractivity contribution in [2.45, 2.75) is 38.1 Å². The van der Waals surface area contributed by atoms with Gasteiger partial charge in [0.1, 0.15) is 11.5 Å². The molecule has 2 rings (SSSR count).